The van der Waals surface area contributed by atoms with Gasteiger partial charge in [-0.1, -0.05) is 0 Å². The molecule has 116 valence electrons. The summed E-state index contributed by atoms with van der Waals surface area (Å²) in [6.45, 7) is 7.60. The molecule has 2 nitrogen and oxygen atoms in total. The first kappa shape index (κ1) is 51.8. The Hall–Kier alpha value is 0.140. The van der Waals surface area contributed by atoms with Crippen molar-refractivity contribution in [2.24, 2.45) is 0 Å². The predicted molar refractivity (Wildman–Crippen MR) is 84.8 cm³/mol. The molecule has 0 aromatic heterocycles. The molecule has 0 saturated heterocycles. The van der Waals surface area contributed by atoms with E-state index in [-0.39, 0.29) is 76.2 Å². The molecule has 2 N–H and O–H groups in total. The molecular formula is C15H34HfO2-6. The zero-order valence-electron chi connectivity index (χ0n) is 13.5. The summed E-state index contributed by atoms with van der Waals surface area (Å²) >= 11 is 0. The van der Waals surface area contributed by atoms with E-state index in [2.05, 4.69) is 13.0 Å². The van der Waals surface area contributed by atoms with Gasteiger partial charge in [0.2, 0.25) is 0 Å². The van der Waals surface area contributed by atoms with Crippen molar-refractivity contribution in [3.63, 3.8) is 0 Å². The molecule has 0 spiro atoms. The fourth-order valence-electron chi connectivity index (χ4n) is 0.492. The Morgan fingerprint density at radius 1 is 1.00 bits per heavy atom. The van der Waals surface area contributed by atoms with Crippen molar-refractivity contribution in [1.82, 2.24) is 0 Å². The van der Waals surface area contributed by atoms with E-state index in [1.165, 1.54) is 5.57 Å². The van der Waals surface area contributed by atoms with E-state index in [4.69, 9.17) is 10.2 Å². The average molecular weight is 425 g/mol. The molecule has 0 atom stereocenters. The van der Waals surface area contributed by atoms with Gasteiger partial charge in [-0.3, -0.25) is 0 Å². The van der Waals surface area contributed by atoms with Gasteiger partial charge >= 0.3 is 0 Å². The minimum absolute atomic E-state index is 0. The third-order valence-electron chi connectivity index (χ3n) is 0.848. The van der Waals surface area contributed by atoms with E-state index in [9.17, 15) is 0 Å². The topological polar surface area (TPSA) is 40.5 Å². The monoisotopic (exact) mass is 426 g/mol. The Balaban J connectivity index is -0.0000000128. The quantitative estimate of drug-likeness (QED) is 0.456. The van der Waals surface area contributed by atoms with Crippen LogP contribution >= 0.6 is 0 Å². The van der Waals surface area contributed by atoms with E-state index in [1.807, 2.05) is 12.2 Å². The molecule has 0 aliphatic heterocycles. The maximum atomic E-state index is 7.57. The Labute approximate surface area is 137 Å². The van der Waals surface area contributed by atoms with E-state index >= 15 is 0 Å². The number of hydrogen-bond acceptors (Lipinski definition) is 2. The summed E-state index contributed by atoms with van der Waals surface area (Å²) in [7, 11) is 0. The fourth-order valence-corrected chi connectivity index (χ4v) is 0.492. The molecule has 0 aromatic carbocycles. The second kappa shape index (κ2) is 53.4. The van der Waals surface area contributed by atoms with Crippen molar-refractivity contribution in [2.75, 3.05) is 13.2 Å². The molecule has 0 unspecified atom stereocenters. The number of rotatable bonds is 0. The van der Waals surface area contributed by atoms with Crippen LogP contribution in [0.2, 0.25) is 0 Å². The van der Waals surface area contributed by atoms with Crippen molar-refractivity contribution < 1.29 is 36.1 Å². The molecule has 0 radical (unpaired) electrons. The van der Waals surface area contributed by atoms with Crippen LogP contribution in [0.25, 0.3) is 0 Å². The molecule has 3 heteroatoms. The van der Waals surface area contributed by atoms with Crippen molar-refractivity contribution in [2.45, 2.75) is 20.3 Å². The van der Waals surface area contributed by atoms with Crippen LogP contribution in [0, 0.1) is 44.1 Å². The second-order valence-corrected chi connectivity index (χ2v) is 2.09. The Morgan fingerprint density at radius 2 is 1.28 bits per heavy atom. The van der Waals surface area contributed by atoms with Crippen molar-refractivity contribution in [3.8, 4) is 0 Å². The van der Waals surface area contributed by atoms with Crippen LogP contribution in [-0.2, 0) is 25.8 Å². The first-order chi connectivity index (χ1) is 5.72. The van der Waals surface area contributed by atoms with E-state index in [1.54, 1.807) is 13.8 Å². The number of aliphatic hydroxyl groups is 2. The smallest absolute Gasteiger partial charge is 0.0402 e. The minimum atomic E-state index is 0. The maximum absolute atomic E-state index is 7.57. The molecule has 18 heavy (non-hydrogen) atoms. The standard InChI is InChI=1S/C6H7.2C2H6O.5CH3.Hf/c1-6-4-2-3-5-6;2*1-2-3;;;;;;/h2-4H,1,5H2;2*3H,2H2,1H3;5*1H3;/q-1;;;5*-1;. The van der Waals surface area contributed by atoms with Gasteiger partial charge in [0, 0.05) is 39.1 Å². The summed E-state index contributed by atoms with van der Waals surface area (Å²) in [5.74, 6) is 0. The molecule has 0 fully saturated rings. The van der Waals surface area contributed by atoms with Gasteiger partial charge in [-0.15, -0.1) is 12.2 Å². The van der Waals surface area contributed by atoms with Crippen molar-refractivity contribution in [1.29, 1.82) is 0 Å². The van der Waals surface area contributed by atoms with Crippen LogP contribution in [0.3, 0.4) is 0 Å². The van der Waals surface area contributed by atoms with Crippen molar-refractivity contribution >= 4 is 0 Å². The largest absolute Gasteiger partial charge is 0.397 e. The van der Waals surface area contributed by atoms with Gasteiger partial charge in [0.25, 0.3) is 0 Å². The third kappa shape index (κ3) is 72.6. The summed E-state index contributed by atoms with van der Waals surface area (Å²) in [6, 6.07) is 0. The zero-order chi connectivity index (χ0) is 9.82. The zero-order valence-corrected chi connectivity index (χ0v) is 17.0. The number of aliphatic hydroxyl groups excluding tert-OH is 2. The van der Waals surface area contributed by atoms with Crippen molar-refractivity contribution in [3.05, 3.63) is 67.9 Å². The molecule has 1 aliphatic carbocycles. The Morgan fingerprint density at radius 3 is 1.33 bits per heavy atom. The van der Waals surface area contributed by atoms with Gasteiger partial charge in [-0.2, -0.15) is 0 Å². The SMILES string of the molecule is CCO.CCO.[CH2-]C1=CC=CC1.[CH3-].[CH3-].[CH3-].[CH3-].[CH3-].[Hf]. The van der Waals surface area contributed by atoms with Gasteiger partial charge in [0.05, 0.1) is 0 Å². The van der Waals surface area contributed by atoms with Gasteiger partial charge in [-0.05, 0) is 20.3 Å². The average Bonchev–Trinajstić information content (AvgIpc) is 2.43. The van der Waals surface area contributed by atoms with Crippen LogP contribution in [0.5, 0.6) is 0 Å². The van der Waals surface area contributed by atoms with Crippen LogP contribution in [0.15, 0.2) is 23.8 Å². The Kier molecular flexibility index (Phi) is 154. The van der Waals surface area contributed by atoms with Crippen LogP contribution in [0.1, 0.15) is 20.3 Å². The van der Waals surface area contributed by atoms with Gasteiger partial charge in [0.1, 0.15) is 0 Å². The first-order valence-electron chi connectivity index (χ1n) is 4.12. The molecule has 0 aromatic rings. The van der Waals surface area contributed by atoms with Gasteiger partial charge < -0.3 is 47.3 Å². The molecular weight excluding hydrogens is 391 g/mol. The molecule has 0 saturated carbocycles. The molecule has 1 rings (SSSR count). The summed E-state index contributed by atoms with van der Waals surface area (Å²) in [4.78, 5) is 0. The molecule has 1 aliphatic rings. The number of allylic oxidation sites excluding steroid dienone is 4. The summed E-state index contributed by atoms with van der Waals surface area (Å²) in [5.41, 5.74) is 1.22. The predicted octanol–water partition coefficient (Wildman–Crippen LogP) is 3.95. The molecule has 0 bridgehead atoms. The Bertz CT molecular complexity index is 130. The maximum Gasteiger partial charge on any atom is 0.0402 e. The van der Waals surface area contributed by atoms with E-state index in [0.29, 0.717) is 0 Å². The van der Waals surface area contributed by atoms with Crippen LogP contribution in [-0.4, -0.2) is 23.4 Å². The van der Waals surface area contributed by atoms with Crippen LogP contribution < -0.4 is 0 Å². The van der Waals surface area contributed by atoms with Gasteiger partial charge in [-0.25, -0.2) is 18.6 Å². The number of hydrogen-bond donors (Lipinski definition) is 2. The third-order valence-corrected chi connectivity index (χ3v) is 0.848. The second-order valence-electron chi connectivity index (χ2n) is 2.09. The molecule has 0 amide bonds. The fraction of sp³-hybridized carbons (Fsp3) is 0.333. The summed E-state index contributed by atoms with van der Waals surface area (Å²) < 4.78 is 0. The van der Waals surface area contributed by atoms with Crippen LogP contribution in [0.4, 0.5) is 0 Å². The first-order valence-corrected chi connectivity index (χ1v) is 4.12. The van der Waals surface area contributed by atoms with E-state index < -0.39 is 0 Å². The molecule has 0 heterocycles. The van der Waals surface area contributed by atoms with Gasteiger partial charge in [0.15, 0.2) is 0 Å². The summed E-state index contributed by atoms with van der Waals surface area (Å²) in [6.07, 6.45) is 7.21. The summed E-state index contributed by atoms with van der Waals surface area (Å²) in [5, 5.41) is 15.1. The van der Waals surface area contributed by atoms with E-state index in [0.717, 1.165) is 6.42 Å². The minimum Gasteiger partial charge on any atom is -0.397 e. The normalized spacial score (nSPS) is 8.11.